The van der Waals surface area contributed by atoms with Crippen molar-refractivity contribution < 1.29 is 32.3 Å². The largest absolute Gasteiger partial charge is 0.478 e. The van der Waals surface area contributed by atoms with E-state index in [1.807, 2.05) is 0 Å². The molecule has 0 aliphatic rings. The van der Waals surface area contributed by atoms with Crippen molar-refractivity contribution in [2.24, 2.45) is 0 Å². The molecule has 0 aliphatic heterocycles. The van der Waals surface area contributed by atoms with Crippen molar-refractivity contribution in [3.05, 3.63) is 35.1 Å². The molecule has 0 heterocycles. The number of carbonyl (C=O) groups excluding carboxylic acids is 1. The van der Waals surface area contributed by atoms with Gasteiger partial charge < -0.3 is 10.4 Å². The van der Waals surface area contributed by atoms with Crippen molar-refractivity contribution in [1.29, 1.82) is 0 Å². The van der Waals surface area contributed by atoms with Gasteiger partial charge in [0.25, 0.3) is 0 Å². The van der Waals surface area contributed by atoms with Crippen molar-refractivity contribution in [1.82, 2.24) is 5.32 Å². The van der Waals surface area contributed by atoms with Gasteiger partial charge in [-0.25, -0.2) is 9.18 Å². The molecule has 0 fully saturated rings. The van der Waals surface area contributed by atoms with E-state index in [1.54, 1.807) is 5.32 Å². The molecule has 104 valence electrons. The van der Waals surface area contributed by atoms with Crippen molar-refractivity contribution >= 4 is 11.9 Å². The number of carboxylic acids is 1. The Morgan fingerprint density at radius 2 is 1.84 bits per heavy atom. The number of carbonyl (C=O) groups is 2. The van der Waals surface area contributed by atoms with E-state index in [9.17, 15) is 27.2 Å². The highest BCUT2D eigenvalue weighted by Gasteiger charge is 2.38. The zero-order chi connectivity index (χ0) is 14.6. The van der Waals surface area contributed by atoms with Crippen LogP contribution in [0.2, 0.25) is 0 Å². The lowest BCUT2D eigenvalue weighted by molar-refractivity contribution is -0.173. The average molecular weight is 279 g/mol. The number of nitrogens with one attached hydrogen (secondary N) is 1. The molecule has 1 rings (SSSR count). The summed E-state index contributed by atoms with van der Waals surface area (Å²) in [5.41, 5.74) is -0.128. The minimum absolute atomic E-state index is 0.111. The van der Waals surface area contributed by atoms with Gasteiger partial charge in [0.05, 0.1) is 5.56 Å². The standard InChI is InChI=1S/C11H9F4NO3/c12-8-4-6(3-7(5-8)9(17)18)1-2-16-10(19)11(13,14)15/h3-5H,1-2H2,(H,16,19)(H,17,18). The molecule has 0 saturated heterocycles. The van der Waals surface area contributed by atoms with Gasteiger partial charge in [-0.2, -0.15) is 13.2 Å². The number of aromatic carboxylic acids is 1. The summed E-state index contributed by atoms with van der Waals surface area (Å²) in [6, 6.07) is 2.91. The monoisotopic (exact) mass is 279 g/mol. The van der Waals surface area contributed by atoms with E-state index >= 15 is 0 Å². The van der Waals surface area contributed by atoms with Crippen LogP contribution in [0.1, 0.15) is 15.9 Å². The number of halogens is 4. The van der Waals surface area contributed by atoms with Gasteiger partial charge in [-0.3, -0.25) is 4.79 Å². The Bertz CT molecular complexity index is 499. The van der Waals surface area contributed by atoms with Gasteiger partial charge in [0, 0.05) is 6.54 Å². The van der Waals surface area contributed by atoms with E-state index < -0.39 is 23.9 Å². The molecule has 0 saturated carbocycles. The summed E-state index contributed by atoms with van der Waals surface area (Å²) in [7, 11) is 0. The second kappa shape index (κ2) is 5.68. The molecule has 0 unspecified atom stereocenters. The predicted octanol–water partition coefficient (Wildman–Crippen LogP) is 1.74. The van der Waals surface area contributed by atoms with Crippen LogP contribution < -0.4 is 5.32 Å². The molecule has 8 heteroatoms. The van der Waals surface area contributed by atoms with E-state index in [0.29, 0.717) is 0 Å². The molecule has 1 aromatic carbocycles. The quantitative estimate of drug-likeness (QED) is 0.825. The number of benzene rings is 1. The zero-order valence-corrected chi connectivity index (χ0v) is 9.42. The minimum atomic E-state index is -4.98. The molecule has 2 N–H and O–H groups in total. The number of hydrogen-bond acceptors (Lipinski definition) is 2. The summed E-state index contributed by atoms with van der Waals surface area (Å²) in [5, 5.41) is 10.3. The maximum atomic E-state index is 13.0. The first-order valence-electron chi connectivity index (χ1n) is 5.08. The maximum Gasteiger partial charge on any atom is 0.471 e. The van der Waals surface area contributed by atoms with Gasteiger partial charge >= 0.3 is 18.1 Å². The lowest BCUT2D eigenvalue weighted by atomic mass is 10.1. The first kappa shape index (κ1) is 14.9. The second-order valence-corrected chi connectivity index (χ2v) is 3.66. The Balaban J connectivity index is 2.64. The summed E-state index contributed by atoms with van der Waals surface area (Å²) in [4.78, 5) is 21.1. The smallest absolute Gasteiger partial charge is 0.471 e. The molecular formula is C11H9F4NO3. The fourth-order valence-electron chi connectivity index (χ4n) is 1.34. The van der Waals surface area contributed by atoms with Gasteiger partial charge in [0.1, 0.15) is 5.82 Å². The number of rotatable bonds is 4. The molecule has 1 amide bonds. The number of amides is 1. The Morgan fingerprint density at radius 3 is 2.37 bits per heavy atom. The summed E-state index contributed by atoms with van der Waals surface area (Å²) in [5.74, 6) is -4.25. The highest BCUT2D eigenvalue weighted by molar-refractivity contribution is 5.87. The van der Waals surface area contributed by atoms with Crippen LogP contribution in [0.5, 0.6) is 0 Å². The fourth-order valence-corrected chi connectivity index (χ4v) is 1.34. The summed E-state index contributed by atoms with van der Waals surface area (Å²) in [6.45, 7) is -0.374. The minimum Gasteiger partial charge on any atom is -0.478 e. The second-order valence-electron chi connectivity index (χ2n) is 3.66. The molecule has 1 aromatic rings. The lowest BCUT2D eigenvalue weighted by Crippen LogP contribution is -2.37. The van der Waals surface area contributed by atoms with E-state index in [-0.39, 0.29) is 24.1 Å². The Hall–Kier alpha value is -2.12. The Kier molecular flexibility index (Phi) is 4.47. The van der Waals surface area contributed by atoms with E-state index in [0.717, 1.165) is 18.2 Å². The van der Waals surface area contributed by atoms with Gasteiger partial charge in [0.15, 0.2) is 0 Å². The molecule has 0 bridgehead atoms. The summed E-state index contributed by atoms with van der Waals surface area (Å²) < 4.78 is 48.6. The van der Waals surface area contributed by atoms with E-state index in [4.69, 9.17) is 5.11 Å². The normalized spacial score (nSPS) is 11.2. The molecule has 0 atom stereocenters. The van der Waals surface area contributed by atoms with Crippen LogP contribution in [0.4, 0.5) is 17.6 Å². The molecular weight excluding hydrogens is 270 g/mol. The van der Waals surface area contributed by atoms with Crippen LogP contribution in [0.3, 0.4) is 0 Å². The third kappa shape index (κ3) is 4.57. The third-order valence-electron chi connectivity index (χ3n) is 2.16. The van der Waals surface area contributed by atoms with Crippen molar-refractivity contribution in [2.75, 3.05) is 6.54 Å². The number of carboxylic acid groups (broad SMARTS) is 1. The summed E-state index contributed by atoms with van der Waals surface area (Å²) in [6.07, 6.45) is -5.09. The van der Waals surface area contributed by atoms with Gasteiger partial charge in [-0.1, -0.05) is 0 Å². The topological polar surface area (TPSA) is 66.4 Å². The first-order valence-corrected chi connectivity index (χ1v) is 5.08. The number of alkyl halides is 3. The maximum absolute atomic E-state index is 13.0. The summed E-state index contributed by atoms with van der Waals surface area (Å²) >= 11 is 0. The van der Waals surface area contributed by atoms with Crippen molar-refractivity contribution in [3.8, 4) is 0 Å². The third-order valence-corrected chi connectivity index (χ3v) is 2.16. The van der Waals surface area contributed by atoms with Crippen LogP contribution >= 0.6 is 0 Å². The zero-order valence-electron chi connectivity index (χ0n) is 9.42. The van der Waals surface area contributed by atoms with Crippen LogP contribution in [0, 0.1) is 5.82 Å². The van der Waals surface area contributed by atoms with Crippen molar-refractivity contribution in [2.45, 2.75) is 12.6 Å². The van der Waals surface area contributed by atoms with Gasteiger partial charge in [-0.05, 0) is 30.2 Å². The SMILES string of the molecule is O=C(O)c1cc(F)cc(CCNC(=O)C(F)(F)F)c1. The van der Waals surface area contributed by atoms with E-state index in [2.05, 4.69) is 0 Å². The average Bonchev–Trinajstić information content (AvgIpc) is 2.26. The van der Waals surface area contributed by atoms with Gasteiger partial charge in [-0.15, -0.1) is 0 Å². The highest BCUT2D eigenvalue weighted by atomic mass is 19.4. The van der Waals surface area contributed by atoms with Crippen molar-refractivity contribution in [3.63, 3.8) is 0 Å². The molecule has 0 spiro atoms. The molecule has 4 nitrogen and oxygen atoms in total. The van der Waals surface area contributed by atoms with Crippen LogP contribution in [0.15, 0.2) is 18.2 Å². The van der Waals surface area contributed by atoms with Gasteiger partial charge in [0.2, 0.25) is 0 Å². The van der Waals surface area contributed by atoms with E-state index in [1.165, 1.54) is 0 Å². The highest BCUT2D eigenvalue weighted by Crippen LogP contribution is 2.14. The fraction of sp³-hybridized carbons (Fsp3) is 0.273. The first-order chi connectivity index (χ1) is 8.70. The van der Waals surface area contributed by atoms with Crippen LogP contribution in [-0.2, 0) is 11.2 Å². The molecule has 0 radical (unpaired) electrons. The van der Waals surface area contributed by atoms with Crippen LogP contribution in [0.25, 0.3) is 0 Å². The predicted molar refractivity (Wildman–Crippen MR) is 56.1 cm³/mol. The number of hydrogen-bond donors (Lipinski definition) is 2. The lowest BCUT2D eigenvalue weighted by Gasteiger charge is -2.08. The Labute approximate surface area is 105 Å². The van der Waals surface area contributed by atoms with Crippen LogP contribution in [-0.4, -0.2) is 29.7 Å². The Morgan fingerprint density at radius 1 is 1.21 bits per heavy atom. The molecule has 0 aromatic heterocycles. The molecule has 19 heavy (non-hydrogen) atoms. The molecule has 0 aliphatic carbocycles.